The molecule has 0 aromatic carbocycles. The Balaban J connectivity index is 1.80. The van der Waals surface area contributed by atoms with Crippen LogP contribution in [0, 0.1) is 11.8 Å². The van der Waals surface area contributed by atoms with Gasteiger partial charge < -0.3 is 10.4 Å². The third-order valence-electron chi connectivity index (χ3n) is 4.96. The van der Waals surface area contributed by atoms with Gasteiger partial charge in [-0.25, -0.2) is 0 Å². The number of nitrogens with one attached hydrogen (secondary N) is 1. The summed E-state index contributed by atoms with van der Waals surface area (Å²) in [6.07, 6.45) is 4.18. The summed E-state index contributed by atoms with van der Waals surface area (Å²) in [5.41, 5.74) is 0. The fourth-order valence-electron chi connectivity index (χ4n) is 3.57. The summed E-state index contributed by atoms with van der Waals surface area (Å²) in [6.45, 7) is 5.12. The van der Waals surface area contributed by atoms with Crippen molar-refractivity contribution < 1.29 is 14.7 Å². The summed E-state index contributed by atoms with van der Waals surface area (Å²) in [7, 11) is 3.86. The summed E-state index contributed by atoms with van der Waals surface area (Å²) >= 11 is 0. The molecule has 0 aromatic rings. The van der Waals surface area contributed by atoms with Crippen LogP contribution < -0.4 is 5.32 Å². The highest BCUT2D eigenvalue weighted by Crippen LogP contribution is 2.33. The molecule has 0 bridgehead atoms. The van der Waals surface area contributed by atoms with Gasteiger partial charge in [0.05, 0.1) is 12.6 Å². The lowest BCUT2D eigenvalue weighted by molar-refractivity contribution is -0.140. The molecule has 2 aliphatic rings. The predicted octanol–water partition coefficient (Wildman–Crippen LogP) is 1.02. The molecule has 1 atom stereocenters. The highest BCUT2D eigenvalue weighted by Gasteiger charge is 2.38. The summed E-state index contributed by atoms with van der Waals surface area (Å²) in [6, 6.07) is 0.369. The Bertz CT molecular complexity index is 421. The summed E-state index contributed by atoms with van der Waals surface area (Å²) in [5, 5.41) is 12.2. The van der Waals surface area contributed by atoms with E-state index in [0.29, 0.717) is 12.0 Å². The van der Waals surface area contributed by atoms with E-state index in [1.807, 2.05) is 19.0 Å². The SMILES string of the molecule is CC(C)[C@H](C(=O)NC1CC(N(CC(=O)O)CC2CC2)C1)N(C)C. The van der Waals surface area contributed by atoms with Crippen molar-refractivity contribution in [2.45, 2.75) is 57.7 Å². The maximum absolute atomic E-state index is 12.4. The van der Waals surface area contributed by atoms with Gasteiger partial charge in [-0.05, 0) is 51.6 Å². The van der Waals surface area contributed by atoms with Crippen LogP contribution in [0.2, 0.25) is 0 Å². The Morgan fingerprint density at radius 2 is 1.83 bits per heavy atom. The van der Waals surface area contributed by atoms with Crippen molar-refractivity contribution in [1.29, 1.82) is 0 Å². The van der Waals surface area contributed by atoms with Crippen LogP contribution in [-0.2, 0) is 9.59 Å². The number of nitrogens with zero attached hydrogens (tertiary/aromatic N) is 2. The molecule has 2 aliphatic carbocycles. The van der Waals surface area contributed by atoms with Crippen molar-refractivity contribution >= 4 is 11.9 Å². The molecule has 2 rings (SSSR count). The monoisotopic (exact) mass is 325 g/mol. The molecule has 0 aliphatic heterocycles. The van der Waals surface area contributed by atoms with Gasteiger partial charge >= 0.3 is 5.97 Å². The van der Waals surface area contributed by atoms with Gasteiger partial charge in [-0.2, -0.15) is 0 Å². The van der Waals surface area contributed by atoms with Crippen LogP contribution in [0.5, 0.6) is 0 Å². The molecule has 0 saturated heterocycles. The number of amides is 1. The Kier molecular flexibility index (Phi) is 6.03. The normalized spacial score (nSPS) is 25.5. The number of rotatable bonds is 9. The van der Waals surface area contributed by atoms with Gasteiger partial charge in [0.2, 0.25) is 5.91 Å². The number of carboxylic acids is 1. The molecule has 132 valence electrons. The third-order valence-corrected chi connectivity index (χ3v) is 4.96. The van der Waals surface area contributed by atoms with Crippen LogP contribution in [0.25, 0.3) is 0 Å². The van der Waals surface area contributed by atoms with Gasteiger partial charge in [-0.3, -0.25) is 19.4 Å². The van der Waals surface area contributed by atoms with Crippen LogP contribution in [-0.4, -0.2) is 72.1 Å². The van der Waals surface area contributed by atoms with Crippen molar-refractivity contribution in [2.75, 3.05) is 27.2 Å². The van der Waals surface area contributed by atoms with Crippen molar-refractivity contribution in [3.63, 3.8) is 0 Å². The molecule has 2 saturated carbocycles. The van der Waals surface area contributed by atoms with E-state index < -0.39 is 5.97 Å². The van der Waals surface area contributed by atoms with E-state index in [1.54, 1.807) is 0 Å². The van der Waals surface area contributed by atoms with Crippen LogP contribution in [0.15, 0.2) is 0 Å². The molecule has 0 radical (unpaired) electrons. The first-order chi connectivity index (χ1) is 10.8. The lowest BCUT2D eigenvalue weighted by Gasteiger charge is -2.43. The first kappa shape index (κ1) is 18.2. The highest BCUT2D eigenvalue weighted by molar-refractivity contribution is 5.82. The number of likely N-dealkylation sites (N-methyl/N-ethyl adjacent to an activating group) is 1. The molecule has 0 unspecified atom stereocenters. The zero-order valence-electron chi connectivity index (χ0n) is 14.8. The van der Waals surface area contributed by atoms with Gasteiger partial charge in [0.15, 0.2) is 0 Å². The minimum Gasteiger partial charge on any atom is -0.480 e. The maximum atomic E-state index is 12.4. The van der Waals surface area contributed by atoms with Crippen molar-refractivity contribution in [2.24, 2.45) is 11.8 Å². The summed E-state index contributed by atoms with van der Waals surface area (Å²) in [4.78, 5) is 27.5. The largest absolute Gasteiger partial charge is 0.480 e. The fourth-order valence-corrected chi connectivity index (χ4v) is 3.57. The van der Waals surface area contributed by atoms with Gasteiger partial charge in [0.1, 0.15) is 0 Å². The van der Waals surface area contributed by atoms with Crippen molar-refractivity contribution in [3.8, 4) is 0 Å². The fraction of sp³-hybridized carbons (Fsp3) is 0.882. The molecular formula is C17H31N3O3. The van der Waals surface area contributed by atoms with Crippen molar-refractivity contribution in [1.82, 2.24) is 15.1 Å². The van der Waals surface area contributed by atoms with Crippen molar-refractivity contribution in [3.05, 3.63) is 0 Å². The van der Waals surface area contributed by atoms with E-state index in [9.17, 15) is 9.59 Å². The number of carbonyl (C=O) groups is 2. The molecule has 6 heteroatoms. The lowest BCUT2D eigenvalue weighted by Crippen LogP contribution is -2.58. The second-order valence-electron chi connectivity index (χ2n) is 7.75. The van der Waals surface area contributed by atoms with Crippen LogP contribution >= 0.6 is 0 Å². The highest BCUT2D eigenvalue weighted by atomic mass is 16.4. The Morgan fingerprint density at radius 3 is 2.26 bits per heavy atom. The molecule has 2 fully saturated rings. The van der Waals surface area contributed by atoms with E-state index in [-0.39, 0.29) is 30.5 Å². The van der Waals surface area contributed by atoms with E-state index >= 15 is 0 Å². The number of carbonyl (C=O) groups excluding carboxylic acids is 1. The summed E-state index contributed by atoms with van der Waals surface area (Å²) < 4.78 is 0. The Morgan fingerprint density at radius 1 is 1.22 bits per heavy atom. The number of hydrogen-bond acceptors (Lipinski definition) is 4. The molecule has 2 N–H and O–H groups in total. The van der Waals surface area contributed by atoms with Crippen LogP contribution in [0.3, 0.4) is 0 Å². The maximum Gasteiger partial charge on any atom is 0.317 e. The molecule has 6 nitrogen and oxygen atoms in total. The van der Waals surface area contributed by atoms with E-state index in [0.717, 1.165) is 19.4 Å². The van der Waals surface area contributed by atoms with E-state index in [1.165, 1.54) is 12.8 Å². The number of hydrogen-bond donors (Lipinski definition) is 2. The van der Waals surface area contributed by atoms with Gasteiger partial charge in [0.25, 0.3) is 0 Å². The van der Waals surface area contributed by atoms with E-state index in [2.05, 4.69) is 24.1 Å². The number of carboxylic acid groups (broad SMARTS) is 1. The smallest absolute Gasteiger partial charge is 0.317 e. The quantitative estimate of drug-likeness (QED) is 0.662. The zero-order valence-corrected chi connectivity index (χ0v) is 14.8. The average Bonchev–Trinajstić information content (AvgIpc) is 3.14. The first-order valence-corrected chi connectivity index (χ1v) is 8.70. The minimum atomic E-state index is -0.759. The second kappa shape index (κ2) is 7.62. The zero-order chi connectivity index (χ0) is 17.1. The van der Waals surface area contributed by atoms with Gasteiger partial charge in [0, 0.05) is 18.6 Å². The average molecular weight is 325 g/mol. The molecule has 0 spiro atoms. The predicted molar refractivity (Wildman–Crippen MR) is 89.2 cm³/mol. The van der Waals surface area contributed by atoms with Crippen LogP contribution in [0.4, 0.5) is 0 Å². The molecule has 0 heterocycles. The molecule has 1 amide bonds. The summed E-state index contributed by atoms with van der Waals surface area (Å²) in [5.74, 6) is 0.271. The second-order valence-corrected chi connectivity index (χ2v) is 7.75. The lowest BCUT2D eigenvalue weighted by atomic mass is 9.84. The standard InChI is InChI=1S/C17H31N3O3/c1-11(2)16(19(3)4)17(23)18-13-7-14(8-13)20(10-15(21)22)9-12-5-6-12/h11-14,16H,5-10H2,1-4H3,(H,18,23)(H,21,22)/t13?,14?,16-/m1/s1. The molecular weight excluding hydrogens is 294 g/mol. The van der Waals surface area contributed by atoms with Crippen LogP contribution in [0.1, 0.15) is 39.5 Å². The first-order valence-electron chi connectivity index (χ1n) is 8.70. The van der Waals surface area contributed by atoms with E-state index in [4.69, 9.17) is 5.11 Å². The van der Waals surface area contributed by atoms with Gasteiger partial charge in [-0.15, -0.1) is 0 Å². The number of aliphatic carboxylic acids is 1. The minimum absolute atomic E-state index is 0.0837. The Hall–Kier alpha value is -1.14. The third kappa shape index (κ3) is 5.18. The topological polar surface area (TPSA) is 72.9 Å². The Labute approximate surface area is 139 Å². The molecule has 0 aromatic heterocycles. The molecule has 23 heavy (non-hydrogen) atoms. The van der Waals surface area contributed by atoms with Gasteiger partial charge in [-0.1, -0.05) is 13.8 Å².